The van der Waals surface area contributed by atoms with Gasteiger partial charge in [0.15, 0.2) is 0 Å². The number of nitro groups is 1. The predicted octanol–water partition coefficient (Wildman–Crippen LogP) is 6.96. The number of nitrogens with zero attached hydrogens (tertiary/aromatic N) is 3. The predicted molar refractivity (Wildman–Crippen MR) is 133 cm³/mol. The molecule has 1 saturated carbocycles. The van der Waals surface area contributed by atoms with Crippen LogP contribution < -0.4 is 0 Å². The van der Waals surface area contributed by atoms with Gasteiger partial charge in [0.2, 0.25) is 0 Å². The largest absolute Gasteiger partial charge is 0.288 e. The van der Waals surface area contributed by atoms with Crippen molar-refractivity contribution in [2.24, 2.45) is 11.0 Å². The Bertz CT molecular complexity index is 1400. The number of carbonyl (C=O) groups is 1. The fourth-order valence-electron chi connectivity index (χ4n) is 4.84. The van der Waals surface area contributed by atoms with Crippen LogP contribution in [0.25, 0.3) is 6.08 Å². The highest BCUT2D eigenvalue weighted by molar-refractivity contribution is 6.32. The third-order valence-electron chi connectivity index (χ3n) is 6.52. The first kappa shape index (κ1) is 23.8. The first-order chi connectivity index (χ1) is 17.3. The molecule has 0 aromatic heterocycles. The molecule has 36 heavy (non-hydrogen) atoms. The van der Waals surface area contributed by atoms with Crippen LogP contribution in [0.4, 0.5) is 14.5 Å². The van der Waals surface area contributed by atoms with E-state index in [1.807, 2.05) is 6.08 Å². The zero-order chi connectivity index (χ0) is 25.4. The van der Waals surface area contributed by atoms with Crippen LogP contribution in [0.1, 0.15) is 46.8 Å². The SMILES string of the molecule is O=C(c1ccc(Cl)c([N+](=O)[O-])c1)N1N=C2/C(=C/c3ccc(F)cc3)CCC[C@@H]2[C@H]1c1ccc(F)cc1. The van der Waals surface area contributed by atoms with Crippen LogP contribution in [-0.2, 0) is 0 Å². The second-order valence-electron chi connectivity index (χ2n) is 8.77. The van der Waals surface area contributed by atoms with Crippen molar-refractivity contribution in [1.29, 1.82) is 0 Å². The van der Waals surface area contributed by atoms with Gasteiger partial charge in [-0.2, -0.15) is 5.10 Å². The Morgan fingerprint density at radius 3 is 2.39 bits per heavy atom. The van der Waals surface area contributed by atoms with Crippen molar-refractivity contribution in [3.05, 3.63) is 116 Å². The molecule has 3 aromatic rings. The minimum absolute atomic E-state index is 0.0717. The third kappa shape index (κ3) is 4.52. The molecule has 0 radical (unpaired) electrons. The maximum Gasteiger partial charge on any atom is 0.288 e. The van der Waals surface area contributed by atoms with Gasteiger partial charge in [0.1, 0.15) is 16.7 Å². The molecule has 9 heteroatoms. The van der Waals surface area contributed by atoms with Crippen molar-refractivity contribution in [1.82, 2.24) is 5.01 Å². The second kappa shape index (κ2) is 9.62. The number of allylic oxidation sites excluding steroid dienone is 1. The third-order valence-corrected chi connectivity index (χ3v) is 6.84. The normalized spacial score (nSPS) is 20.2. The lowest BCUT2D eigenvalue weighted by Crippen LogP contribution is -2.32. The molecule has 6 nitrogen and oxygen atoms in total. The number of hydrazone groups is 1. The molecule has 1 heterocycles. The lowest BCUT2D eigenvalue weighted by Gasteiger charge is -2.29. The second-order valence-corrected chi connectivity index (χ2v) is 9.18. The van der Waals surface area contributed by atoms with E-state index in [1.54, 1.807) is 24.3 Å². The van der Waals surface area contributed by atoms with Gasteiger partial charge in [-0.1, -0.05) is 35.9 Å². The van der Waals surface area contributed by atoms with E-state index in [0.29, 0.717) is 5.56 Å². The fraction of sp³-hybridized carbons (Fsp3) is 0.185. The van der Waals surface area contributed by atoms with E-state index in [-0.39, 0.29) is 28.0 Å². The van der Waals surface area contributed by atoms with Crippen LogP contribution in [-0.4, -0.2) is 21.6 Å². The molecule has 0 saturated heterocycles. The van der Waals surface area contributed by atoms with E-state index in [4.69, 9.17) is 16.7 Å². The van der Waals surface area contributed by atoms with Crippen LogP contribution in [0.2, 0.25) is 5.02 Å². The Balaban J connectivity index is 1.59. The van der Waals surface area contributed by atoms with Crippen molar-refractivity contribution >= 4 is 35.0 Å². The molecule has 0 unspecified atom stereocenters. The van der Waals surface area contributed by atoms with Crippen molar-refractivity contribution in [3.8, 4) is 0 Å². The summed E-state index contributed by atoms with van der Waals surface area (Å²) in [7, 11) is 0. The van der Waals surface area contributed by atoms with E-state index in [9.17, 15) is 23.7 Å². The number of rotatable bonds is 4. The number of carbonyl (C=O) groups excluding carboxylic acids is 1. The first-order valence-electron chi connectivity index (χ1n) is 11.4. The topological polar surface area (TPSA) is 75.8 Å². The highest BCUT2D eigenvalue weighted by Gasteiger charge is 2.44. The Hall–Kier alpha value is -3.91. The molecule has 182 valence electrons. The molecule has 3 aromatic carbocycles. The Morgan fingerprint density at radius 1 is 1.06 bits per heavy atom. The van der Waals surface area contributed by atoms with Gasteiger partial charge in [-0.3, -0.25) is 14.9 Å². The zero-order valence-corrected chi connectivity index (χ0v) is 19.7. The minimum atomic E-state index is -0.643. The molecule has 2 aliphatic rings. The number of halogens is 3. The molecule has 1 amide bonds. The van der Waals surface area contributed by atoms with Crippen LogP contribution in [0.5, 0.6) is 0 Å². The maximum absolute atomic E-state index is 13.7. The summed E-state index contributed by atoms with van der Waals surface area (Å²) in [6.07, 6.45) is 4.28. The summed E-state index contributed by atoms with van der Waals surface area (Å²) in [6, 6.07) is 15.4. The van der Waals surface area contributed by atoms with Gasteiger partial charge in [0.25, 0.3) is 11.6 Å². The average molecular weight is 508 g/mol. The Labute approximate surface area is 210 Å². The highest BCUT2D eigenvalue weighted by atomic mass is 35.5. The monoisotopic (exact) mass is 507 g/mol. The Morgan fingerprint density at radius 2 is 1.72 bits per heavy atom. The van der Waals surface area contributed by atoms with Crippen LogP contribution >= 0.6 is 11.6 Å². The summed E-state index contributed by atoms with van der Waals surface area (Å²) >= 11 is 5.94. The van der Waals surface area contributed by atoms with Gasteiger partial charge in [-0.05, 0) is 78.4 Å². The maximum atomic E-state index is 13.7. The summed E-state index contributed by atoms with van der Waals surface area (Å²) < 4.78 is 27.1. The summed E-state index contributed by atoms with van der Waals surface area (Å²) in [6.45, 7) is 0. The zero-order valence-electron chi connectivity index (χ0n) is 18.9. The van der Waals surface area contributed by atoms with Crippen LogP contribution in [0.3, 0.4) is 0 Å². The summed E-state index contributed by atoms with van der Waals surface area (Å²) in [5, 5.41) is 17.4. The molecular weight excluding hydrogens is 488 g/mol. The van der Waals surface area contributed by atoms with Crippen LogP contribution in [0.15, 0.2) is 77.4 Å². The molecule has 1 aliphatic carbocycles. The molecule has 1 fully saturated rings. The van der Waals surface area contributed by atoms with Gasteiger partial charge in [-0.25, -0.2) is 13.8 Å². The number of benzene rings is 3. The standard InChI is InChI=1S/C27H20ClF2N3O3/c28-23-13-8-19(15-24(23)33(35)36)27(34)32-26(17-6-11-21(30)12-7-17)22-3-1-2-18(25(22)31-32)14-16-4-9-20(29)10-5-16/h4-15,22,26H,1-3H2/b18-14+/t22-,26+/m0/s1. The van der Waals surface area contributed by atoms with Gasteiger partial charge in [-0.15, -0.1) is 0 Å². The van der Waals surface area contributed by atoms with E-state index in [2.05, 4.69) is 0 Å². The quantitative estimate of drug-likeness (QED) is 0.283. The number of fused-ring (bicyclic) bond motifs is 1. The molecule has 0 N–H and O–H groups in total. The number of nitro benzene ring substituents is 1. The van der Waals surface area contributed by atoms with Gasteiger partial charge < -0.3 is 0 Å². The molecule has 0 bridgehead atoms. The number of amides is 1. The molecule has 2 atom stereocenters. The van der Waals surface area contributed by atoms with Gasteiger partial charge in [0.05, 0.1) is 16.7 Å². The highest BCUT2D eigenvalue weighted by Crippen LogP contribution is 2.45. The molecule has 1 aliphatic heterocycles. The van der Waals surface area contributed by atoms with Gasteiger partial charge in [0, 0.05) is 17.5 Å². The minimum Gasteiger partial charge on any atom is -0.267 e. The van der Waals surface area contributed by atoms with Crippen molar-refractivity contribution in [3.63, 3.8) is 0 Å². The lowest BCUT2D eigenvalue weighted by molar-refractivity contribution is -0.384. The van der Waals surface area contributed by atoms with Crippen molar-refractivity contribution in [2.45, 2.75) is 25.3 Å². The van der Waals surface area contributed by atoms with Gasteiger partial charge >= 0.3 is 0 Å². The fourth-order valence-corrected chi connectivity index (χ4v) is 5.03. The first-order valence-corrected chi connectivity index (χ1v) is 11.8. The van der Waals surface area contributed by atoms with E-state index < -0.39 is 22.7 Å². The van der Waals surface area contributed by atoms with Crippen molar-refractivity contribution in [2.75, 3.05) is 0 Å². The number of hydrogen-bond donors (Lipinski definition) is 0. The van der Waals surface area contributed by atoms with E-state index in [0.717, 1.165) is 42.2 Å². The van der Waals surface area contributed by atoms with Crippen LogP contribution in [0, 0.1) is 27.7 Å². The van der Waals surface area contributed by atoms with E-state index in [1.165, 1.54) is 41.4 Å². The molecule has 5 rings (SSSR count). The smallest absolute Gasteiger partial charge is 0.267 e. The number of hydrogen-bond acceptors (Lipinski definition) is 4. The summed E-state index contributed by atoms with van der Waals surface area (Å²) in [4.78, 5) is 24.4. The average Bonchev–Trinajstić information content (AvgIpc) is 3.26. The van der Waals surface area contributed by atoms with E-state index >= 15 is 0 Å². The molecular formula is C27H20ClF2N3O3. The van der Waals surface area contributed by atoms with Crippen molar-refractivity contribution < 1.29 is 18.5 Å². The lowest BCUT2D eigenvalue weighted by atomic mass is 9.77. The Kier molecular flexibility index (Phi) is 6.36. The summed E-state index contributed by atoms with van der Waals surface area (Å²) in [5.41, 5.74) is 2.89. The molecule has 0 spiro atoms. The summed E-state index contributed by atoms with van der Waals surface area (Å²) in [5.74, 6) is -1.40.